The van der Waals surface area contributed by atoms with Crippen molar-refractivity contribution in [2.45, 2.75) is 32.2 Å². The van der Waals surface area contributed by atoms with Crippen molar-refractivity contribution in [2.24, 2.45) is 5.73 Å². The molecule has 0 bridgehead atoms. The van der Waals surface area contributed by atoms with E-state index in [9.17, 15) is 0 Å². The van der Waals surface area contributed by atoms with E-state index >= 15 is 0 Å². The highest BCUT2D eigenvalue weighted by Gasteiger charge is 2.09. The Bertz CT molecular complexity index is 501. The fourth-order valence-electron chi connectivity index (χ4n) is 1.92. The van der Waals surface area contributed by atoms with Crippen molar-refractivity contribution in [3.05, 3.63) is 56.2 Å². The molecule has 2 rings (SSSR count). The third-order valence-electron chi connectivity index (χ3n) is 3.06. The van der Waals surface area contributed by atoms with Crippen molar-refractivity contribution in [1.82, 2.24) is 0 Å². The number of thiophene rings is 1. The molecule has 1 unspecified atom stereocenters. The average molecular weight is 324 g/mol. The molecule has 1 aromatic heterocycles. The maximum atomic E-state index is 6.23. The Morgan fingerprint density at radius 2 is 1.78 bits per heavy atom. The van der Waals surface area contributed by atoms with Crippen LogP contribution in [-0.2, 0) is 6.42 Å². The molecule has 18 heavy (non-hydrogen) atoms. The topological polar surface area (TPSA) is 26.0 Å². The molecule has 0 radical (unpaired) electrons. The predicted octanol–water partition coefficient (Wildman–Crippen LogP) is 4.88. The van der Waals surface area contributed by atoms with Gasteiger partial charge >= 0.3 is 0 Å². The SMILES string of the molecule is CC(C)c1ccc(CC(N)c2ccc(Br)s2)cc1. The summed E-state index contributed by atoms with van der Waals surface area (Å²) >= 11 is 5.19. The lowest BCUT2D eigenvalue weighted by molar-refractivity contribution is 0.735. The first-order valence-electron chi connectivity index (χ1n) is 6.16. The second-order valence-electron chi connectivity index (χ2n) is 4.85. The molecule has 0 amide bonds. The average Bonchev–Trinajstić information content (AvgIpc) is 2.76. The van der Waals surface area contributed by atoms with Crippen LogP contribution in [0, 0.1) is 0 Å². The van der Waals surface area contributed by atoms with Gasteiger partial charge in [-0.3, -0.25) is 0 Å². The monoisotopic (exact) mass is 323 g/mol. The van der Waals surface area contributed by atoms with Gasteiger partial charge in [0.2, 0.25) is 0 Å². The van der Waals surface area contributed by atoms with E-state index < -0.39 is 0 Å². The summed E-state index contributed by atoms with van der Waals surface area (Å²) in [4.78, 5) is 1.23. The largest absolute Gasteiger partial charge is 0.323 e. The van der Waals surface area contributed by atoms with Gasteiger partial charge in [-0.2, -0.15) is 0 Å². The molecular weight excluding hydrogens is 306 g/mol. The molecule has 96 valence electrons. The maximum Gasteiger partial charge on any atom is 0.0701 e. The van der Waals surface area contributed by atoms with Gasteiger partial charge in [0.1, 0.15) is 0 Å². The van der Waals surface area contributed by atoms with Crippen LogP contribution in [0.2, 0.25) is 0 Å². The zero-order valence-electron chi connectivity index (χ0n) is 10.7. The van der Waals surface area contributed by atoms with Gasteiger partial charge in [0.25, 0.3) is 0 Å². The van der Waals surface area contributed by atoms with Crippen molar-refractivity contribution in [3.63, 3.8) is 0 Å². The summed E-state index contributed by atoms with van der Waals surface area (Å²) in [6.45, 7) is 4.42. The fraction of sp³-hybridized carbons (Fsp3) is 0.333. The molecule has 0 aliphatic rings. The van der Waals surface area contributed by atoms with Crippen LogP contribution in [-0.4, -0.2) is 0 Å². The summed E-state index contributed by atoms with van der Waals surface area (Å²) in [6, 6.07) is 13.0. The minimum absolute atomic E-state index is 0.0891. The van der Waals surface area contributed by atoms with Gasteiger partial charge < -0.3 is 5.73 Å². The molecule has 3 heteroatoms. The Morgan fingerprint density at radius 3 is 2.28 bits per heavy atom. The quantitative estimate of drug-likeness (QED) is 0.852. The second kappa shape index (κ2) is 6.00. The van der Waals surface area contributed by atoms with E-state index in [1.54, 1.807) is 11.3 Å². The van der Waals surface area contributed by atoms with Gasteiger partial charge in [-0.1, -0.05) is 38.1 Å². The highest BCUT2D eigenvalue weighted by atomic mass is 79.9. The van der Waals surface area contributed by atoms with Crippen molar-refractivity contribution in [3.8, 4) is 0 Å². The van der Waals surface area contributed by atoms with Gasteiger partial charge in [0.05, 0.1) is 3.79 Å². The minimum atomic E-state index is 0.0891. The van der Waals surface area contributed by atoms with Crippen LogP contribution in [0.25, 0.3) is 0 Å². The van der Waals surface area contributed by atoms with Gasteiger partial charge in [0.15, 0.2) is 0 Å². The first-order valence-corrected chi connectivity index (χ1v) is 7.77. The molecule has 0 spiro atoms. The number of hydrogen-bond acceptors (Lipinski definition) is 2. The zero-order valence-corrected chi connectivity index (χ0v) is 13.1. The second-order valence-corrected chi connectivity index (χ2v) is 7.34. The summed E-state index contributed by atoms with van der Waals surface area (Å²) in [5, 5.41) is 0. The van der Waals surface area contributed by atoms with Gasteiger partial charge in [-0.15, -0.1) is 11.3 Å². The highest BCUT2D eigenvalue weighted by Crippen LogP contribution is 2.28. The molecule has 1 heterocycles. The Hall–Kier alpha value is -0.640. The maximum absolute atomic E-state index is 6.23. The minimum Gasteiger partial charge on any atom is -0.323 e. The molecule has 0 aliphatic carbocycles. The molecule has 2 N–H and O–H groups in total. The summed E-state index contributed by atoms with van der Waals surface area (Å²) in [5.74, 6) is 0.584. The molecule has 0 saturated heterocycles. The van der Waals surface area contributed by atoms with Crippen LogP contribution in [0.5, 0.6) is 0 Å². The molecule has 0 aliphatic heterocycles. The van der Waals surface area contributed by atoms with E-state index in [4.69, 9.17) is 5.73 Å². The van der Waals surface area contributed by atoms with Gasteiger partial charge in [0, 0.05) is 10.9 Å². The molecule has 1 atom stereocenters. The molecular formula is C15H18BrNS. The number of rotatable bonds is 4. The van der Waals surface area contributed by atoms with Crippen molar-refractivity contribution < 1.29 is 0 Å². The lowest BCUT2D eigenvalue weighted by atomic mass is 9.99. The lowest BCUT2D eigenvalue weighted by Crippen LogP contribution is -2.11. The lowest BCUT2D eigenvalue weighted by Gasteiger charge is -2.11. The number of nitrogens with two attached hydrogens (primary N) is 1. The normalized spacial score (nSPS) is 12.9. The van der Waals surface area contributed by atoms with Crippen LogP contribution >= 0.6 is 27.3 Å². The third-order valence-corrected chi connectivity index (χ3v) is 4.82. The summed E-state index contributed by atoms with van der Waals surface area (Å²) in [7, 11) is 0. The van der Waals surface area contributed by atoms with Crippen molar-refractivity contribution >= 4 is 27.3 Å². The highest BCUT2D eigenvalue weighted by molar-refractivity contribution is 9.11. The smallest absolute Gasteiger partial charge is 0.0701 e. The third kappa shape index (κ3) is 3.44. The van der Waals surface area contributed by atoms with Crippen molar-refractivity contribution in [1.29, 1.82) is 0 Å². The first kappa shape index (κ1) is 13.8. The van der Waals surface area contributed by atoms with E-state index in [0.29, 0.717) is 5.92 Å². The molecule has 0 saturated carbocycles. The van der Waals surface area contributed by atoms with Crippen LogP contribution in [0.4, 0.5) is 0 Å². The Balaban J connectivity index is 2.05. The van der Waals surface area contributed by atoms with Crippen LogP contribution in [0.1, 0.15) is 41.8 Å². The van der Waals surface area contributed by atoms with E-state index in [0.717, 1.165) is 10.2 Å². The van der Waals surface area contributed by atoms with E-state index in [1.165, 1.54) is 16.0 Å². The Morgan fingerprint density at radius 1 is 1.11 bits per heavy atom. The number of hydrogen-bond donors (Lipinski definition) is 1. The molecule has 0 fully saturated rings. The fourth-order valence-corrected chi connectivity index (χ4v) is 3.35. The van der Waals surface area contributed by atoms with Gasteiger partial charge in [-0.25, -0.2) is 0 Å². The summed E-state index contributed by atoms with van der Waals surface area (Å²) in [6.07, 6.45) is 0.894. The molecule has 1 nitrogen and oxygen atoms in total. The van der Waals surface area contributed by atoms with Crippen LogP contribution in [0.15, 0.2) is 40.2 Å². The van der Waals surface area contributed by atoms with Crippen LogP contribution < -0.4 is 5.73 Å². The van der Waals surface area contributed by atoms with E-state index in [1.807, 2.05) is 0 Å². The Kier molecular flexibility index (Phi) is 4.60. The van der Waals surface area contributed by atoms with Crippen molar-refractivity contribution in [2.75, 3.05) is 0 Å². The van der Waals surface area contributed by atoms with E-state index in [-0.39, 0.29) is 6.04 Å². The molecule has 2 aromatic rings. The predicted molar refractivity (Wildman–Crippen MR) is 83.2 cm³/mol. The first-order chi connectivity index (χ1) is 8.56. The summed E-state index contributed by atoms with van der Waals surface area (Å²) in [5.41, 5.74) is 8.91. The summed E-state index contributed by atoms with van der Waals surface area (Å²) < 4.78 is 1.14. The van der Waals surface area contributed by atoms with Gasteiger partial charge in [-0.05, 0) is 51.5 Å². The van der Waals surface area contributed by atoms with Crippen LogP contribution in [0.3, 0.4) is 0 Å². The molecule has 1 aromatic carbocycles. The zero-order chi connectivity index (χ0) is 13.1. The number of halogens is 1. The number of benzene rings is 1. The Labute approximate surface area is 121 Å². The standard InChI is InChI=1S/C15H18BrNS/c1-10(2)12-5-3-11(4-6-12)9-13(17)14-7-8-15(16)18-14/h3-8,10,13H,9,17H2,1-2H3. The van der Waals surface area contributed by atoms with E-state index in [2.05, 4.69) is 66.2 Å².